The van der Waals surface area contributed by atoms with Gasteiger partial charge in [0.05, 0.1) is 23.5 Å². The Morgan fingerprint density at radius 2 is 1.67 bits per heavy atom. The minimum atomic E-state index is -0.469. The third-order valence-electron chi connectivity index (χ3n) is 5.08. The van der Waals surface area contributed by atoms with Crippen LogP contribution in [0.1, 0.15) is 40.5 Å². The Hall–Kier alpha value is -2.58. The van der Waals surface area contributed by atoms with Gasteiger partial charge in [-0.2, -0.15) is 10.5 Å². The molecule has 0 N–H and O–H groups in total. The van der Waals surface area contributed by atoms with Crippen LogP contribution in [0.25, 0.3) is 0 Å². The SMILES string of the molecule is N#C[C@@H]1c2ccccc2[C@@]2(C#N)Cc3ccccc3[C@@H]1C2. The summed E-state index contributed by atoms with van der Waals surface area (Å²) in [7, 11) is 0. The number of rotatable bonds is 0. The van der Waals surface area contributed by atoms with Gasteiger partial charge in [-0.25, -0.2) is 0 Å². The lowest BCUT2D eigenvalue weighted by Crippen LogP contribution is -2.40. The van der Waals surface area contributed by atoms with Gasteiger partial charge in [-0.3, -0.25) is 0 Å². The van der Waals surface area contributed by atoms with Gasteiger partial charge in [-0.05, 0) is 35.1 Å². The first kappa shape index (κ1) is 12.2. The predicted octanol–water partition coefficient (Wildman–Crippen LogP) is 3.80. The van der Waals surface area contributed by atoms with Crippen molar-refractivity contribution >= 4 is 0 Å². The highest BCUT2D eigenvalue weighted by molar-refractivity contribution is 5.54. The Kier molecular flexibility index (Phi) is 2.44. The van der Waals surface area contributed by atoms with Crippen LogP contribution in [0.4, 0.5) is 0 Å². The van der Waals surface area contributed by atoms with Crippen LogP contribution >= 0.6 is 0 Å². The number of nitrogens with zero attached hydrogens (tertiary/aromatic N) is 2. The minimum Gasteiger partial charge on any atom is -0.198 e. The van der Waals surface area contributed by atoms with E-state index < -0.39 is 5.41 Å². The van der Waals surface area contributed by atoms with Crippen LogP contribution < -0.4 is 0 Å². The molecule has 2 aromatic carbocycles. The van der Waals surface area contributed by atoms with Gasteiger partial charge in [0.15, 0.2) is 0 Å². The van der Waals surface area contributed by atoms with E-state index in [1.807, 2.05) is 36.4 Å². The topological polar surface area (TPSA) is 47.6 Å². The molecular formula is C19H14N2. The van der Waals surface area contributed by atoms with Crippen molar-refractivity contribution in [2.75, 3.05) is 0 Å². The van der Waals surface area contributed by atoms with Gasteiger partial charge in [0.1, 0.15) is 0 Å². The van der Waals surface area contributed by atoms with Crippen LogP contribution in [-0.2, 0) is 11.8 Å². The lowest BCUT2D eigenvalue weighted by Gasteiger charge is -2.45. The molecular weight excluding hydrogens is 256 g/mol. The van der Waals surface area contributed by atoms with Crippen molar-refractivity contribution in [2.45, 2.75) is 30.1 Å². The molecule has 4 rings (SSSR count). The van der Waals surface area contributed by atoms with Crippen LogP contribution in [0.3, 0.4) is 0 Å². The van der Waals surface area contributed by atoms with Gasteiger partial charge >= 0.3 is 0 Å². The first-order valence-electron chi connectivity index (χ1n) is 7.27. The normalized spacial score (nSPS) is 28.7. The van der Waals surface area contributed by atoms with E-state index in [4.69, 9.17) is 0 Å². The summed E-state index contributed by atoms with van der Waals surface area (Å²) in [5.41, 5.74) is 4.12. The maximum absolute atomic E-state index is 9.89. The number of benzene rings is 2. The highest BCUT2D eigenvalue weighted by atomic mass is 14.5. The predicted molar refractivity (Wildman–Crippen MR) is 79.6 cm³/mol. The summed E-state index contributed by atoms with van der Waals surface area (Å²) in [4.78, 5) is 0. The summed E-state index contributed by atoms with van der Waals surface area (Å²) in [6.07, 6.45) is 1.51. The van der Waals surface area contributed by atoms with E-state index in [1.165, 1.54) is 11.1 Å². The molecule has 2 bridgehead atoms. The van der Waals surface area contributed by atoms with Crippen molar-refractivity contribution in [3.63, 3.8) is 0 Å². The summed E-state index contributed by atoms with van der Waals surface area (Å²) in [5.74, 6) is -0.0152. The monoisotopic (exact) mass is 270 g/mol. The third-order valence-corrected chi connectivity index (χ3v) is 5.08. The first-order chi connectivity index (χ1) is 10.3. The highest BCUT2D eigenvalue weighted by Gasteiger charge is 2.49. The number of nitriles is 2. The zero-order valence-corrected chi connectivity index (χ0v) is 11.6. The summed E-state index contributed by atoms with van der Waals surface area (Å²) in [6, 6.07) is 21.4. The molecule has 3 atom stereocenters. The molecule has 0 fully saturated rings. The van der Waals surface area contributed by atoms with E-state index in [0.717, 1.165) is 24.0 Å². The lowest BCUT2D eigenvalue weighted by molar-refractivity contribution is 0.363. The van der Waals surface area contributed by atoms with Crippen molar-refractivity contribution in [3.8, 4) is 12.1 Å². The zero-order chi connectivity index (χ0) is 14.4. The molecule has 0 unspecified atom stereocenters. The van der Waals surface area contributed by atoms with Gasteiger partial charge in [-0.1, -0.05) is 48.5 Å². The average Bonchev–Trinajstić information content (AvgIpc) is 2.55. The van der Waals surface area contributed by atoms with E-state index in [-0.39, 0.29) is 11.8 Å². The van der Waals surface area contributed by atoms with E-state index in [2.05, 4.69) is 24.3 Å². The lowest BCUT2D eigenvalue weighted by atomic mass is 9.55. The Balaban J connectivity index is 2.03. The van der Waals surface area contributed by atoms with Crippen molar-refractivity contribution in [2.24, 2.45) is 0 Å². The van der Waals surface area contributed by atoms with Gasteiger partial charge in [0, 0.05) is 5.92 Å². The van der Waals surface area contributed by atoms with Crippen molar-refractivity contribution < 1.29 is 0 Å². The molecule has 2 aliphatic rings. The molecule has 0 heterocycles. The molecule has 0 aliphatic heterocycles. The van der Waals surface area contributed by atoms with E-state index in [1.54, 1.807) is 0 Å². The highest BCUT2D eigenvalue weighted by Crippen LogP contribution is 2.55. The fraction of sp³-hybridized carbons (Fsp3) is 0.263. The Morgan fingerprint density at radius 1 is 0.952 bits per heavy atom. The third kappa shape index (κ3) is 1.51. The molecule has 21 heavy (non-hydrogen) atoms. The second kappa shape index (κ2) is 4.21. The minimum absolute atomic E-state index is 0.134. The van der Waals surface area contributed by atoms with Gasteiger partial charge in [0.25, 0.3) is 0 Å². The Morgan fingerprint density at radius 3 is 2.43 bits per heavy atom. The van der Waals surface area contributed by atoms with Crippen LogP contribution in [0, 0.1) is 22.7 Å². The summed E-state index contributed by atoms with van der Waals surface area (Å²) < 4.78 is 0. The van der Waals surface area contributed by atoms with Crippen molar-refractivity contribution in [1.82, 2.24) is 0 Å². The summed E-state index contributed by atoms with van der Waals surface area (Å²) in [6.45, 7) is 0. The first-order valence-corrected chi connectivity index (χ1v) is 7.27. The fourth-order valence-corrected chi connectivity index (χ4v) is 4.17. The van der Waals surface area contributed by atoms with E-state index in [9.17, 15) is 10.5 Å². The quantitative estimate of drug-likeness (QED) is 0.731. The number of hydrogen-bond donors (Lipinski definition) is 0. The molecule has 0 saturated heterocycles. The van der Waals surface area contributed by atoms with Crippen LogP contribution in [0.2, 0.25) is 0 Å². The average molecular weight is 270 g/mol. The van der Waals surface area contributed by atoms with Gasteiger partial charge in [0.2, 0.25) is 0 Å². The van der Waals surface area contributed by atoms with Crippen LogP contribution in [0.15, 0.2) is 48.5 Å². The summed E-state index contributed by atoms with van der Waals surface area (Å²) in [5, 5.41) is 19.6. The van der Waals surface area contributed by atoms with Crippen molar-refractivity contribution in [3.05, 3.63) is 70.8 Å². The Labute approximate surface area is 124 Å². The molecule has 2 aliphatic carbocycles. The maximum atomic E-state index is 9.89. The maximum Gasteiger partial charge on any atom is 0.0872 e. The van der Waals surface area contributed by atoms with Crippen molar-refractivity contribution in [1.29, 1.82) is 10.5 Å². The second-order valence-electron chi connectivity index (χ2n) is 6.07. The summed E-state index contributed by atoms with van der Waals surface area (Å²) >= 11 is 0. The molecule has 0 amide bonds. The smallest absolute Gasteiger partial charge is 0.0872 e. The van der Waals surface area contributed by atoms with E-state index >= 15 is 0 Å². The Bertz CT molecular complexity index is 809. The van der Waals surface area contributed by atoms with Crippen LogP contribution in [-0.4, -0.2) is 0 Å². The molecule has 2 aromatic rings. The molecule has 100 valence electrons. The van der Waals surface area contributed by atoms with Crippen LogP contribution in [0.5, 0.6) is 0 Å². The number of fused-ring (bicyclic) bond motifs is 6. The number of hydrogen-bond acceptors (Lipinski definition) is 2. The molecule has 2 nitrogen and oxygen atoms in total. The molecule has 0 aromatic heterocycles. The molecule has 0 radical (unpaired) electrons. The second-order valence-corrected chi connectivity index (χ2v) is 6.07. The largest absolute Gasteiger partial charge is 0.198 e. The van der Waals surface area contributed by atoms with Gasteiger partial charge in [-0.15, -0.1) is 0 Å². The zero-order valence-electron chi connectivity index (χ0n) is 11.6. The molecule has 0 spiro atoms. The van der Waals surface area contributed by atoms with E-state index in [0.29, 0.717) is 0 Å². The van der Waals surface area contributed by atoms with Gasteiger partial charge < -0.3 is 0 Å². The molecule has 2 heteroatoms. The molecule has 0 saturated carbocycles. The fourth-order valence-electron chi connectivity index (χ4n) is 4.17. The standard InChI is InChI=1S/C19H14N2/c20-11-17-15-7-3-4-8-18(15)19(12-21)9-13-5-1-2-6-14(13)16(17)10-19/h1-8,16-17H,9-10H2/t16-,17+,19-/m0/s1.